The molecule has 6 N–H and O–H groups in total. The topological polar surface area (TPSA) is 211 Å². The van der Waals surface area contributed by atoms with Gasteiger partial charge >= 0.3 is 5.97 Å². The van der Waals surface area contributed by atoms with Crippen LogP contribution in [0.5, 0.6) is 0 Å². The summed E-state index contributed by atoms with van der Waals surface area (Å²) < 4.78 is 36.3. The number of quaternary nitrogens is 1. The largest absolute Gasteiger partial charge is 0.459 e. The van der Waals surface area contributed by atoms with Gasteiger partial charge in [0, 0.05) is 37.7 Å². The van der Waals surface area contributed by atoms with Crippen molar-refractivity contribution in [3.63, 3.8) is 0 Å². The molecule has 3 aliphatic heterocycles. The third-order valence-corrected chi connectivity index (χ3v) is 12.0. The van der Waals surface area contributed by atoms with E-state index in [0.717, 1.165) is 0 Å². The number of hydroxylamine groups is 3. The van der Waals surface area contributed by atoms with Crippen molar-refractivity contribution < 1.29 is 73.4 Å². The summed E-state index contributed by atoms with van der Waals surface area (Å²) in [4.78, 5) is 27.9. The number of nitrogens with zero attached hydrogens (tertiary/aromatic N) is 1. The highest BCUT2D eigenvalue weighted by Gasteiger charge is 2.54. The van der Waals surface area contributed by atoms with E-state index < -0.39 is 124 Å². The summed E-state index contributed by atoms with van der Waals surface area (Å²) in [5.74, 6) is -5.21. The predicted molar refractivity (Wildman–Crippen MR) is 186 cm³/mol. The predicted octanol–water partition coefficient (Wildman–Crippen LogP) is 1.69. The molecule has 0 saturated carbocycles. The lowest BCUT2D eigenvalue weighted by Gasteiger charge is -2.49. The lowest BCUT2D eigenvalue weighted by atomic mass is 9.74. The number of carbonyl (C=O) groups is 2. The molecule has 3 saturated heterocycles. The normalized spacial score (nSPS) is 49.2. The quantitative estimate of drug-likeness (QED) is 0.124. The number of likely N-dealkylation sites (N-methyl/N-ethyl adjacent to an activating group) is 1. The van der Waals surface area contributed by atoms with Crippen molar-refractivity contribution in [2.75, 3.05) is 21.2 Å². The monoisotopic (exact) mass is 750 g/mol. The van der Waals surface area contributed by atoms with Gasteiger partial charge in [-0.1, -0.05) is 27.7 Å². The number of esters is 1. The van der Waals surface area contributed by atoms with Crippen LogP contribution < -0.4 is 0 Å². The highest BCUT2D eigenvalue weighted by molar-refractivity contribution is 5.83. The molecular weight excluding hydrogens is 682 g/mol. The van der Waals surface area contributed by atoms with Gasteiger partial charge in [-0.25, -0.2) is 5.21 Å². The van der Waals surface area contributed by atoms with Crippen molar-refractivity contribution in [2.24, 2.45) is 23.7 Å². The van der Waals surface area contributed by atoms with Crippen LogP contribution in [0, 0.1) is 23.7 Å². The van der Waals surface area contributed by atoms with E-state index in [1.54, 1.807) is 48.5 Å². The smallest absolute Gasteiger partial charge is 0.311 e. The third kappa shape index (κ3) is 9.54. The van der Waals surface area contributed by atoms with Crippen LogP contribution in [0.15, 0.2) is 0 Å². The molecule has 15 nitrogen and oxygen atoms in total. The zero-order chi connectivity index (χ0) is 39.9. The van der Waals surface area contributed by atoms with Crippen LogP contribution in [-0.2, 0) is 38.0 Å². The first-order valence-corrected chi connectivity index (χ1v) is 18.7. The second-order valence-corrected chi connectivity index (χ2v) is 17.0. The number of hydrogen-bond donors (Lipinski definition) is 6. The number of ether oxygens (including phenoxy) is 6. The zero-order valence-electron chi connectivity index (χ0n) is 33.4. The Balaban J connectivity index is 2.20. The summed E-state index contributed by atoms with van der Waals surface area (Å²) >= 11 is 0. The molecule has 0 aliphatic carbocycles. The maximum Gasteiger partial charge on any atom is 0.311 e. The molecule has 3 heterocycles. The highest BCUT2D eigenvalue weighted by atomic mass is 16.7. The SMILES string of the molecule is CC[C@H]1OC(=O)[C@H](C)[C@@H](O[C@H]2C[C@@](C)(OC)[C@@H](O)[C@H](C)O2)[C@H](C)[C@@H](O[C@@H]2O[C@H](C)C[C@H]([N+](C)(C)O)[C@H]2O)[C@](C)(O)C[C@@H](C)C(=O)[C@H](C)[C@@H](O)[C@]1(C)O. The number of aliphatic hydroxyl groups excluding tert-OH is 3. The Kier molecular flexibility index (Phi) is 14.6. The average Bonchev–Trinajstić information content (AvgIpc) is 3.05. The van der Waals surface area contributed by atoms with Crippen molar-refractivity contribution in [3.8, 4) is 0 Å². The van der Waals surface area contributed by atoms with E-state index in [1.165, 1.54) is 42.0 Å². The Hall–Kier alpha value is -1.34. The van der Waals surface area contributed by atoms with Crippen molar-refractivity contribution >= 4 is 11.8 Å². The molecule has 0 aromatic carbocycles. The fourth-order valence-electron chi connectivity index (χ4n) is 8.53. The summed E-state index contributed by atoms with van der Waals surface area (Å²) in [5.41, 5.74) is -4.95. The van der Waals surface area contributed by atoms with Crippen molar-refractivity contribution in [3.05, 3.63) is 0 Å². The first-order valence-electron chi connectivity index (χ1n) is 18.7. The number of ketones is 1. The minimum Gasteiger partial charge on any atom is -0.459 e. The van der Waals surface area contributed by atoms with Crippen LogP contribution in [0.1, 0.15) is 94.9 Å². The summed E-state index contributed by atoms with van der Waals surface area (Å²) in [6, 6.07) is -0.717. The van der Waals surface area contributed by atoms with Gasteiger partial charge in [0.1, 0.15) is 23.6 Å². The van der Waals surface area contributed by atoms with Gasteiger partial charge in [-0.2, -0.15) is 4.65 Å². The Morgan fingerprint density at radius 3 is 2.02 bits per heavy atom. The third-order valence-electron chi connectivity index (χ3n) is 12.0. The Bertz CT molecular complexity index is 1210. The lowest BCUT2D eigenvalue weighted by Crippen LogP contribution is -2.63. The molecule has 3 rings (SSSR count). The lowest BCUT2D eigenvalue weighted by molar-refractivity contribution is -1.09. The van der Waals surface area contributed by atoms with Crippen LogP contribution in [0.2, 0.25) is 0 Å². The van der Waals surface area contributed by atoms with Gasteiger partial charge in [0.15, 0.2) is 24.7 Å². The van der Waals surface area contributed by atoms with E-state index >= 15 is 0 Å². The van der Waals surface area contributed by atoms with Gasteiger partial charge < -0.3 is 54.0 Å². The van der Waals surface area contributed by atoms with E-state index in [-0.39, 0.29) is 19.3 Å². The number of cyclic esters (lactones) is 1. The maximum absolute atomic E-state index is 14.1. The van der Waals surface area contributed by atoms with Gasteiger partial charge in [-0.05, 0) is 54.4 Å². The molecule has 0 aromatic heterocycles. The van der Waals surface area contributed by atoms with E-state index in [9.17, 15) is 40.3 Å². The van der Waals surface area contributed by atoms with Crippen LogP contribution >= 0.6 is 0 Å². The van der Waals surface area contributed by atoms with E-state index in [2.05, 4.69) is 0 Å². The standard InChI is InChI=1S/C37H68NO14/c1-14-25-37(10,45)30(41)20(4)27(39)18(2)16-35(8,44)32(52-34-28(40)24(38(11,12)46)15-19(3)48-34)21(5)29(22(6)33(43)50-25)51-26-17-36(9,47-13)31(42)23(7)49-26/h18-26,28-32,34,40-42,44-46H,14-17H2,1-13H3/q+1/t18-,19-,20+,21+,22-,23+,24+,25-,26+,28-,29+,30-,31+,32-,34+,35-,36-,37-/m1/s1. The summed E-state index contributed by atoms with van der Waals surface area (Å²) in [7, 11) is 4.52. The van der Waals surface area contributed by atoms with Crippen LogP contribution in [-0.4, -0.2) is 153 Å². The maximum atomic E-state index is 14.1. The first-order chi connectivity index (χ1) is 23.7. The Morgan fingerprint density at radius 2 is 1.48 bits per heavy atom. The van der Waals surface area contributed by atoms with Crippen molar-refractivity contribution in [1.82, 2.24) is 0 Å². The molecule has 0 unspecified atom stereocenters. The van der Waals surface area contributed by atoms with Crippen LogP contribution in [0.25, 0.3) is 0 Å². The summed E-state index contributed by atoms with van der Waals surface area (Å²) in [6.45, 7) is 16.0. The van der Waals surface area contributed by atoms with Crippen LogP contribution in [0.3, 0.4) is 0 Å². The number of carbonyl (C=O) groups excluding carboxylic acids is 2. The number of methoxy groups -OCH3 is 1. The fourth-order valence-corrected chi connectivity index (χ4v) is 8.53. The Morgan fingerprint density at radius 1 is 0.885 bits per heavy atom. The number of rotatable bonds is 7. The summed E-state index contributed by atoms with van der Waals surface area (Å²) in [6.07, 6.45) is -10.8. The second kappa shape index (κ2) is 16.8. The molecule has 0 spiro atoms. The molecular formula is C37H68NO14+. The van der Waals surface area contributed by atoms with Gasteiger partial charge in [0.25, 0.3) is 0 Å². The minimum atomic E-state index is -2.02. The molecule has 3 aliphatic rings. The van der Waals surface area contributed by atoms with Gasteiger partial charge in [0.05, 0.1) is 61.7 Å². The first kappa shape index (κ1) is 45.1. The fraction of sp³-hybridized carbons (Fsp3) is 0.946. The molecule has 52 heavy (non-hydrogen) atoms. The molecule has 304 valence electrons. The molecule has 3 fully saturated rings. The second-order valence-electron chi connectivity index (χ2n) is 17.0. The van der Waals surface area contributed by atoms with Crippen LogP contribution in [0.4, 0.5) is 0 Å². The van der Waals surface area contributed by atoms with E-state index in [4.69, 9.17) is 28.4 Å². The van der Waals surface area contributed by atoms with Gasteiger partial charge in [-0.15, -0.1) is 0 Å². The van der Waals surface area contributed by atoms with Crippen molar-refractivity contribution in [1.29, 1.82) is 0 Å². The average molecular weight is 751 g/mol. The number of hydrogen-bond acceptors (Lipinski definition) is 14. The molecule has 0 aromatic rings. The molecule has 0 amide bonds. The van der Waals surface area contributed by atoms with Gasteiger partial charge in [0.2, 0.25) is 0 Å². The molecule has 0 bridgehead atoms. The number of Topliss-reactive ketones (excluding diaryl/α,β-unsaturated/α-hetero) is 1. The minimum absolute atomic E-state index is 0.0664. The van der Waals surface area contributed by atoms with E-state index in [0.29, 0.717) is 6.42 Å². The molecule has 18 atom stereocenters. The summed E-state index contributed by atoms with van der Waals surface area (Å²) in [5, 5.41) is 68.5. The molecule has 0 radical (unpaired) electrons. The highest BCUT2D eigenvalue weighted by Crippen LogP contribution is 2.41. The van der Waals surface area contributed by atoms with Crippen molar-refractivity contribution in [2.45, 2.75) is 179 Å². The van der Waals surface area contributed by atoms with E-state index in [1.807, 2.05) is 0 Å². The molecule has 15 heteroatoms. The zero-order valence-corrected chi connectivity index (χ0v) is 33.4. The number of aliphatic hydroxyl groups is 5. The Labute approximate surface area is 309 Å². The van der Waals surface area contributed by atoms with Gasteiger partial charge in [-0.3, -0.25) is 9.59 Å².